The molecule has 0 bridgehead atoms. The first-order valence-corrected chi connectivity index (χ1v) is 9.47. The molecular weight excluding hydrogens is 358 g/mol. The van der Waals surface area contributed by atoms with Crippen LogP contribution in [0.5, 0.6) is 5.75 Å². The summed E-state index contributed by atoms with van der Waals surface area (Å²) < 4.78 is 7.14. The van der Waals surface area contributed by atoms with Crippen LogP contribution in [-0.2, 0) is 0 Å². The summed E-state index contributed by atoms with van der Waals surface area (Å²) in [4.78, 5) is 4.79. The number of fused-ring (bicyclic) bond motifs is 1. The van der Waals surface area contributed by atoms with Crippen molar-refractivity contribution in [2.45, 2.75) is 0 Å². The molecule has 140 valence electrons. The van der Waals surface area contributed by atoms with Crippen LogP contribution in [0.3, 0.4) is 0 Å². The van der Waals surface area contributed by atoms with E-state index >= 15 is 0 Å². The molecule has 2 aromatic heterocycles. The number of ether oxygens (including phenoxy) is 1. The van der Waals surface area contributed by atoms with Crippen molar-refractivity contribution in [1.29, 1.82) is 0 Å². The molecule has 4 heteroatoms. The average molecular weight is 377 g/mol. The van der Waals surface area contributed by atoms with E-state index in [1.807, 2.05) is 77.6 Å². The molecule has 0 atom stereocenters. The maximum atomic E-state index is 5.26. The molecule has 0 radical (unpaired) electrons. The average Bonchev–Trinajstić information content (AvgIpc) is 3.19. The summed E-state index contributed by atoms with van der Waals surface area (Å²) >= 11 is 0. The molecule has 2 heterocycles. The van der Waals surface area contributed by atoms with Crippen LogP contribution in [-0.4, -0.2) is 21.7 Å². The normalized spacial score (nSPS) is 10.9. The fourth-order valence-electron chi connectivity index (χ4n) is 3.54. The van der Waals surface area contributed by atoms with Gasteiger partial charge in [0.05, 0.1) is 12.7 Å². The molecular formula is C25H19N3O. The minimum absolute atomic E-state index is 0.833. The van der Waals surface area contributed by atoms with Gasteiger partial charge < -0.3 is 4.74 Å². The Hall–Kier alpha value is -3.92. The van der Waals surface area contributed by atoms with Crippen molar-refractivity contribution in [2.75, 3.05) is 7.11 Å². The lowest BCUT2D eigenvalue weighted by Gasteiger charge is -2.05. The lowest BCUT2D eigenvalue weighted by Crippen LogP contribution is -1.92. The lowest BCUT2D eigenvalue weighted by molar-refractivity contribution is 0.415. The van der Waals surface area contributed by atoms with Crippen LogP contribution < -0.4 is 4.74 Å². The molecule has 4 nitrogen and oxygen atoms in total. The first-order chi connectivity index (χ1) is 14.3. The Morgan fingerprint density at radius 3 is 2.00 bits per heavy atom. The SMILES string of the molecule is COc1ccc(-c2cnc3c(-c4ccccc4)c(-c4ccccc4)nn3c2)cc1. The lowest BCUT2D eigenvalue weighted by atomic mass is 10.0. The smallest absolute Gasteiger partial charge is 0.163 e. The summed E-state index contributed by atoms with van der Waals surface area (Å²) in [6, 6.07) is 28.5. The highest BCUT2D eigenvalue weighted by Gasteiger charge is 2.17. The maximum absolute atomic E-state index is 5.26. The number of aromatic nitrogens is 3. The monoisotopic (exact) mass is 377 g/mol. The molecule has 0 aliphatic carbocycles. The van der Waals surface area contributed by atoms with Gasteiger partial charge in [-0.3, -0.25) is 0 Å². The molecule has 0 unspecified atom stereocenters. The molecule has 5 aromatic rings. The van der Waals surface area contributed by atoms with E-state index in [0.29, 0.717) is 0 Å². The van der Waals surface area contributed by atoms with Gasteiger partial charge in [0.25, 0.3) is 0 Å². The van der Waals surface area contributed by atoms with Gasteiger partial charge in [0.1, 0.15) is 11.4 Å². The number of methoxy groups -OCH3 is 1. The molecule has 0 saturated heterocycles. The summed E-state index contributed by atoms with van der Waals surface area (Å²) in [6.07, 6.45) is 3.93. The highest BCUT2D eigenvalue weighted by molar-refractivity contribution is 5.90. The minimum Gasteiger partial charge on any atom is -0.497 e. The van der Waals surface area contributed by atoms with Gasteiger partial charge in [-0.1, -0.05) is 72.8 Å². The van der Waals surface area contributed by atoms with Crippen molar-refractivity contribution in [3.63, 3.8) is 0 Å². The van der Waals surface area contributed by atoms with Gasteiger partial charge in [-0.2, -0.15) is 5.10 Å². The molecule has 0 amide bonds. The van der Waals surface area contributed by atoms with Crippen molar-refractivity contribution in [3.05, 3.63) is 97.3 Å². The van der Waals surface area contributed by atoms with Crippen LogP contribution in [0.15, 0.2) is 97.3 Å². The molecule has 5 rings (SSSR count). The van der Waals surface area contributed by atoms with Gasteiger partial charge in [-0.15, -0.1) is 0 Å². The summed E-state index contributed by atoms with van der Waals surface area (Å²) in [5.74, 6) is 0.833. The number of nitrogens with zero attached hydrogens (tertiary/aromatic N) is 3. The highest BCUT2D eigenvalue weighted by atomic mass is 16.5. The zero-order valence-electron chi connectivity index (χ0n) is 16.0. The van der Waals surface area contributed by atoms with Crippen molar-refractivity contribution < 1.29 is 4.74 Å². The number of hydrogen-bond donors (Lipinski definition) is 0. The molecule has 0 spiro atoms. The predicted molar refractivity (Wildman–Crippen MR) is 116 cm³/mol. The van der Waals surface area contributed by atoms with Crippen LogP contribution in [0.2, 0.25) is 0 Å². The third-order valence-corrected chi connectivity index (χ3v) is 5.01. The molecule has 0 aliphatic rings. The van der Waals surface area contributed by atoms with Gasteiger partial charge in [0.15, 0.2) is 5.65 Å². The van der Waals surface area contributed by atoms with E-state index in [0.717, 1.165) is 44.9 Å². The third-order valence-electron chi connectivity index (χ3n) is 5.01. The second-order valence-electron chi connectivity index (χ2n) is 6.79. The second-order valence-corrected chi connectivity index (χ2v) is 6.79. The quantitative estimate of drug-likeness (QED) is 0.401. The molecule has 29 heavy (non-hydrogen) atoms. The summed E-state index contributed by atoms with van der Waals surface area (Å²) in [5.41, 5.74) is 7.05. The predicted octanol–water partition coefficient (Wildman–Crippen LogP) is 5.74. The Labute approximate surface area is 169 Å². The van der Waals surface area contributed by atoms with E-state index in [2.05, 4.69) is 24.3 Å². The summed E-state index contributed by atoms with van der Waals surface area (Å²) in [7, 11) is 1.67. The molecule has 0 N–H and O–H groups in total. The summed E-state index contributed by atoms with van der Waals surface area (Å²) in [6.45, 7) is 0. The Morgan fingerprint density at radius 1 is 0.690 bits per heavy atom. The fraction of sp³-hybridized carbons (Fsp3) is 0.0400. The van der Waals surface area contributed by atoms with Crippen LogP contribution >= 0.6 is 0 Å². The Balaban J connectivity index is 1.71. The number of rotatable bonds is 4. The van der Waals surface area contributed by atoms with E-state index < -0.39 is 0 Å². The van der Waals surface area contributed by atoms with E-state index in [-0.39, 0.29) is 0 Å². The Morgan fingerprint density at radius 2 is 1.34 bits per heavy atom. The molecule has 0 saturated carbocycles. The fourth-order valence-corrected chi connectivity index (χ4v) is 3.54. The largest absolute Gasteiger partial charge is 0.497 e. The highest BCUT2D eigenvalue weighted by Crippen LogP contribution is 2.35. The minimum atomic E-state index is 0.833. The van der Waals surface area contributed by atoms with Crippen LogP contribution in [0, 0.1) is 0 Å². The molecule has 0 fully saturated rings. The first-order valence-electron chi connectivity index (χ1n) is 9.47. The Kier molecular flexibility index (Phi) is 4.30. The zero-order chi connectivity index (χ0) is 19.6. The van der Waals surface area contributed by atoms with Crippen LogP contribution in [0.1, 0.15) is 0 Å². The van der Waals surface area contributed by atoms with Crippen LogP contribution in [0.25, 0.3) is 39.2 Å². The maximum Gasteiger partial charge on any atom is 0.163 e. The van der Waals surface area contributed by atoms with E-state index in [4.69, 9.17) is 14.8 Å². The van der Waals surface area contributed by atoms with E-state index in [1.54, 1.807) is 7.11 Å². The zero-order valence-corrected chi connectivity index (χ0v) is 16.0. The molecule has 3 aromatic carbocycles. The van der Waals surface area contributed by atoms with Gasteiger partial charge in [-0.25, -0.2) is 9.50 Å². The third kappa shape index (κ3) is 3.15. The van der Waals surface area contributed by atoms with Gasteiger partial charge in [0, 0.05) is 23.5 Å². The standard InChI is InChI=1S/C25H19N3O/c1-29-22-14-12-18(13-15-22)21-16-26-25-23(19-8-4-2-5-9-19)24(27-28(25)17-21)20-10-6-3-7-11-20/h2-17H,1H3. The van der Waals surface area contributed by atoms with E-state index in [1.165, 1.54) is 0 Å². The van der Waals surface area contributed by atoms with E-state index in [9.17, 15) is 0 Å². The van der Waals surface area contributed by atoms with Crippen molar-refractivity contribution in [3.8, 4) is 39.3 Å². The second kappa shape index (κ2) is 7.24. The van der Waals surface area contributed by atoms with Gasteiger partial charge in [-0.05, 0) is 23.3 Å². The van der Waals surface area contributed by atoms with Gasteiger partial charge in [0.2, 0.25) is 0 Å². The van der Waals surface area contributed by atoms with Crippen LogP contribution in [0.4, 0.5) is 0 Å². The number of hydrogen-bond acceptors (Lipinski definition) is 3. The van der Waals surface area contributed by atoms with Crippen molar-refractivity contribution in [2.24, 2.45) is 0 Å². The van der Waals surface area contributed by atoms with Gasteiger partial charge >= 0.3 is 0 Å². The Bertz CT molecular complexity index is 1260. The van der Waals surface area contributed by atoms with Crippen molar-refractivity contribution >= 4 is 5.65 Å². The van der Waals surface area contributed by atoms with Crippen molar-refractivity contribution in [1.82, 2.24) is 14.6 Å². The topological polar surface area (TPSA) is 39.4 Å². The molecule has 0 aliphatic heterocycles. The summed E-state index contributed by atoms with van der Waals surface area (Å²) in [5, 5.41) is 4.91. The first kappa shape index (κ1) is 17.2. The number of benzene rings is 3.